The van der Waals surface area contributed by atoms with Gasteiger partial charge in [0.15, 0.2) is 0 Å². The standard InChI is InChI=1S/C12H14ClN/c13-8-9-6-10-2-1-4-14-5-3-11(7-9)12(10)14/h6-7H,1-5,8H2. The normalized spacial score (nSPS) is 18.5. The van der Waals surface area contributed by atoms with Crippen LogP contribution in [0.3, 0.4) is 0 Å². The summed E-state index contributed by atoms with van der Waals surface area (Å²) in [6.07, 6.45) is 3.76. The summed E-state index contributed by atoms with van der Waals surface area (Å²) in [4.78, 5) is 2.53. The summed E-state index contributed by atoms with van der Waals surface area (Å²) in [6.45, 7) is 2.47. The molecule has 0 unspecified atom stereocenters. The highest BCUT2D eigenvalue weighted by Crippen LogP contribution is 2.37. The monoisotopic (exact) mass is 207 g/mol. The molecule has 0 spiro atoms. The van der Waals surface area contributed by atoms with E-state index in [1.807, 2.05) is 0 Å². The van der Waals surface area contributed by atoms with E-state index in [2.05, 4.69) is 17.0 Å². The van der Waals surface area contributed by atoms with Gasteiger partial charge >= 0.3 is 0 Å². The van der Waals surface area contributed by atoms with Crippen molar-refractivity contribution in [1.29, 1.82) is 0 Å². The molecule has 2 aliphatic heterocycles. The zero-order valence-corrected chi connectivity index (χ0v) is 8.98. The molecular weight excluding hydrogens is 194 g/mol. The largest absolute Gasteiger partial charge is 0.371 e. The molecule has 0 bridgehead atoms. The average Bonchev–Trinajstić information content (AvgIpc) is 2.64. The Morgan fingerprint density at radius 2 is 1.93 bits per heavy atom. The average molecular weight is 208 g/mol. The number of aryl methyl sites for hydroxylation is 1. The van der Waals surface area contributed by atoms with Crippen LogP contribution in [-0.4, -0.2) is 13.1 Å². The smallest absolute Gasteiger partial charge is 0.0474 e. The van der Waals surface area contributed by atoms with Gasteiger partial charge in [-0.1, -0.05) is 12.1 Å². The number of rotatable bonds is 1. The lowest BCUT2D eigenvalue weighted by Gasteiger charge is -2.27. The molecule has 1 aromatic carbocycles. The summed E-state index contributed by atoms with van der Waals surface area (Å²) >= 11 is 5.90. The highest BCUT2D eigenvalue weighted by atomic mass is 35.5. The fourth-order valence-corrected chi connectivity index (χ4v) is 2.90. The van der Waals surface area contributed by atoms with Crippen molar-refractivity contribution >= 4 is 17.3 Å². The highest BCUT2D eigenvalue weighted by molar-refractivity contribution is 6.17. The molecule has 2 aliphatic rings. The van der Waals surface area contributed by atoms with E-state index in [0.29, 0.717) is 5.88 Å². The summed E-state index contributed by atoms with van der Waals surface area (Å²) in [5, 5.41) is 0. The van der Waals surface area contributed by atoms with E-state index >= 15 is 0 Å². The maximum absolute atomic E-state index is 5.90. The van der Waals surface area contributed by atoms with Crippen molar-refractivity contribution < 1.29 is 0 Å². The van der Waals surface area contributed by atoms with Crippen LogP contribution >= 0.6 is 11.6 Å². The molecule has 2 heterocycles. The summed E-state index contributed by atoms with van der Waals surface area (Å²) in [5.74, 6) is 0.653. The lowest BCUT2D eigenvalue weighted by molar-refractivity contribution is 0.719. The van der Waals surface area contributed by atoms with E-state index in [1.54, 1.807) is 0 Å². The van der Waals surface area contributed by atoms with Gasteiger partial charge in [-0.05, 0) is 36.0 Å². The van der Waals surface area contributed by atoms with Crippen molar-refractivity contribution in [3.05, 3.63) is 28.8 Å². The van der Waals surface area contributed by atoms with Gasteiger partial charge in [-0.25, -0.2) is 0 Å². The maximum atomic E-state index is 5.90. The van der Waals surface area contributed by atoms with Gasteiger partial charge < -0.3 is 4.90 Å². The van der Waals surface area contributed by atoms with Crippen LogP contribution in [0.15, 0.2) is 12.1 Å². The van der Waals surface area contributed by atoms with Gasteiger partial charge in [0.25, 0.3) is 0 Å². The van der Waals surface area contributed by atoms with Crippen LogP contribution in [0.5, 0.6) is 0 Å². The van der Waals surface area contributed by atoms with Crippen molar-refractivity contribution in [2.45, 2.75) is 25.1 Å². The Morgan fingerprint density at radius 1 is 1.14 bits per heavy atom. The fourth-order valence-electron chi connectivity index (χ4n) is 2.75. The molecule has 0 aromatic heterocycles. The van der Waals surface area contributed by atoms with Gasteiger partial charge in [-0.2, -0.15) is 0 Å². The number of anilines is 1. The van der Waals surface area contributed by atoms with Crippen molar-refractivity contribution in [3.8, 4) is 0 Å². The van der Waals surface area contributed by atoms with Crippen LogP contribution in [0.1, 0.15) is 23.1 Å². The third-order valence-corrected chi connectivity index (χ3v) is 3.63. The highest BCUT2D eigenvalue weighted by Gasteiger charge is 2.25. The zero-order chi connectivity index (χ0) is 9.54. The summed E-state index contributed by atoms with van der Waals surface area (Å²) in [5.41, 5.74) is 5.88. The Hall–Kier alpha value is -0.690. The predicted octanol–water partition coefficient (Wildman–Crippen LogP) is 2.73. The van der Waals surface area contributed by atoms with Gasteiger partial charge in [0, 0.05) is 24.7 Å². The molecule has 0 fully saturated rings. The van der Waals surface area contributed by atoms with Gasteiger partial charge in [-0.15, -0.1) is 11.6 Å². The lowest BCUT2D eigenvalue weighted by Crippen LogP contribution is -2.26. The number of benzene rings is 1. The van der Waals surface area contributed by atoms with Crippen LogP contribution in [0.2, 0.25) is 0 Å². The second-order valence-corrected chi connectivity index (χ2v) is 4.50. The first-order chi connectivity index (χ1) is 6.88. The topological polar surface area (TPSA) is 3.24 Å². The van der Waals surface area contributed by atoms with Crippen LogP contribution in [0, 0.1) is 0 Å². The number of alkyl halides is 1. The quantitative estimate of drug-likeness (QED) is 0.641. The molecule has 0 atom stereocenters. The molecule has 2 heteroatoms. The van der Waals surface area contributed by atoms with E-state index in [9.17, 15) is 0 Å². The Morgan fingerprint density at radius 3 is 2.71 bits per heavy atom. The van der Waals surface area contributed by atoms with E-state index in [0.717, 1.165) is 0 Å². The second-order valence-electron chi connectivity index (χ2n) is 4.24. The fraction of sp³-hybridized carbons (Fsp3) is 0.500. The van der Waals surface area contributed by atoms with Crippen molar-refractivity contribution in [2.24, 2.45) is 0 Å². The third kappa shape index (κ3) is 1.15. The third-order valence-electron chi connectivity index (χ3n) is 3.32. The van der Waals surface area contributed by atoms with Crippen molar-refractivity contribution in [3.63, 3.8) is 0 Å². The molecule has 1 aromatic rings. The number of hydrogen-bond donors (Lipinski definition) is 0. The maximum Gasteiger partial charge on any atom is 0.0474 e. The van der Waals surface area contributed by atoms with Gasteiger partial charge in [0.1, 0.15) is 0 Å². The molecule has 0 saturated carbocycles. The van der Waals surface area contributed by atoms with E-state index in [1.165, 1.54) is 54.7 Å². The van der Waals surface area contributed by atoms with E-state index in [4.69, 9.17) is 11.6 Å². The Bertz CT molecular complexity index is 373. The molecular formula is C12H14ClN. The van der Waals surface area contributed by atoms with E-state index < -0.39 is 0 Å². The van der Waals surface area contributed by atoms with Crippen molar-refractivity contribution in [1.82, 2.24) is 0 Å². The molecule has 74 valence electrons. The van der Waals surface area contributed by atoms with E-state index in [-0.39, 0.29) is 0 Å². The molecule has 14 heavy (non-hydrogen) atoms. The van der Waals surface area contributed by atoms with Gasteiger partial charge in [-0.3, -0.25) is 0 Å². The Balaban J connectivity index is 2.16. The Labute approximate surface area is 89.7 Å². The number of hydrogen-bond acceptors (Lipinski definition) is 1. The van der Waals surface area contributed by atoms with Crippen molar-refractivity contribution in [2.75, 3.05) is 18.0 Å². The molecule has 0 radical (unpaired) electrons. The minimum absolute atomic E-state index is 0.653. The summed E-state index contributed by atoms with van der Waals surface area (Å²) in [7, 11) is 0. The zero-order valence-electron chi connectivity index (χ0n) is 8.22. The predicted molar refractivity (Wildman–Crippen MR) is 60.2 cm³/mol. The number of halogens is 1. The first-order valence-electron chi connectivity index (χ1n) is 5.34. The van der Waals surface area contributed by atoms with Gasteiger partial charge in [0.2, 0.25) is 0 Å². The molecule has 0 amide bonds. The SMILES string of the molecule is ClCc1cc2c3c(c1)CCN3CCC2. The minimum Gasteiger partial charge on any atom is -0.371 e. The summed E-state index contributed by atoms with van der Waals surface area (Å²) < 4.78 is 0. The number of nitrogens with zero attached hydrogens (tertiary/aromatic N) is 1. The first-order valence-corrected chi connectivity index (χ1v) is 5.87. The van der Waals surface area contributed by atoms with Crippen LogP contribution in [-0.2, 0) is 18.7 Å². The minimum atomic E-state index is 0.653. The van der Waals surface area contributed by atoms with Gasteiger partial charge in [0.05, 0.1) is 0 Å². The van der Waals surface area contributed by atoms with Crippen LogP contribution in [0.4, 0.5) is 5.69 Å². The summed E-state index contributed by atoms with van der Waals surface area (Å²) in [6, 6.07) is 4.58. The molecule has 3 rings (SSSR count). The molecule has 0 aliphatic carbocycles. The Kier molecular flexibility index (Phi) is 1.94. The molecule has 0 N–H and O–H groups in total. The molecule has 0 saturated heterocycles. The van der Waals surface area contributed by atoms with Crippen LogP contribution < -0.4 is 4.90 Å². The second kappa shape index (κ2) is 3.16. The first kappa shape index (κ1) is 8.60. The molecule has 1 nitrogen and oxygen atoms in total. The van der Waals surface area contributed by atoms with Crippen LogP contribution in [0.25, 0.3) is 0 Å². The lowest BCUT2D eigenvalue weighted by atomic mass is 9.97.